The highest BCUT2D eigenvalue weighted by atomic mass is 35.5. The van der Waals surface area contributed by atoms with Crippen LogP contribution in [0.2, 0.25) is 5.15 Å². The highest BCUT2D eigenvalue weighted by Crippen LogP contribution is 2.18. The SMILES string of the molecule is CN(CC(C)(C)O)C(=O)Nc1cccnc1Cl. The third-order valence-corrected chi connectivity index (χ3v) is 2.27. The normalized spacial score (nSPS) is 11.1. The van der Waals surface area contributed by atoms with Crippen LogP contribution in [0.15, 0.2) is 18.3 Å². The van der Waals surface area contributed by atoms with Crippen molar-refractivity contribution in [2.45, 2.75) is 19.4 Å². The molecule has 94 valence electrons. The molecule has 1 aromatic heterocycles. The molecule has 2 amide bonds. The Hall–Kier alpha value is -1.33. The van der Waals surface area contributed by atoms with Gasteiger partial charge in [-0.3, -0.25) is 0 Å². The van der Waals surface area contributed by atoms with Gasteiger partial charge in [-0.2, -0.15) is 0 Å². The summed E-state index contributed by atoms with van der Waals surface area (Å²) in [7, 11) is 1.59. The molecule has 0 saturated heterocycles. The van der Waals surface area contributed by atoms with Crippen molar-refractivity contribution in [1.82, 2.24) is 9.88 Å². The fourth-order valence-electron chi connectivity index (χ4n) is 1.34. The van der Waals surface area contributed by atoms with Gasteiger partial charge in [0, 0.05) is 13.2 Å². The van der Waals surface area contributed by atoms with E-state index >= 15 is 0 Å². The number of halogens is 1. The molecule has 0 radical (unpaired) electrons. The highest BCUT2D eigenvalue weighted by molar-refractivity contribution is 6.32. The highest BCUT2D eigenvalue weighted by Gasteiger charge is 2.19. The van der Waals surface area contributed by atoms with Gasteiger partial charge in [-0.15, -0.1) is 0 Å². The van der Waals surface area contributed by atoms with E-state index in [1.165, 1.54) is 4.90 Å². The van der Waals surface area contributed by atoms with E-state index in [1.807, 2.05) is 0 Å². The molecule has 6 heteroatoms. The number of aromatic nitrogens is 1. The number of pyridine rings is 1. The number of aliphatic hydroxyl groups is 1. The molecule has 0 aliphatic carbocycles. The van der Waals surface area contributed by atoms with Crippen LogP contribution < -0.4 is 5.32 Å². The minimum atomic E-state index is -0.940. The third kappa shape index (κ3) is 4.58. The second-order valence-electron chi connectivity index (χ2n) is 4.44. The number of anilines is 1. The minimum Gasteiger partial charge on any atom is -0.389 e. The van der Waals surface area contributed by atoms with Crippen molar-refractivity contribution in [3.63, 3.8) is 0 Å². The van der Waals surface area contributed by atoms with Gasteiger partial charge in [0.1, 0.15) is 0 Å². The first kappa shape index (κ1) is 13.7. The summed E-state index contributed by atoms with van der Waals surface area (Å²) in [6, 6.07) is 2.99. The van der Waals surface area contributed by atoms with Crippen LogP contribution in [0, 0.1) is 0 Å². The Bertz CT molecular complexity index is 404. The third-order valence-electron chi connectivity index (χ3n) is 1.97. The summed E-state index contributed by atoms with van der Waals surface area (Å²) < 4.78 is 0. The molecule has 0 spiro atoms. The zero-order valence-electron chi connectivity index (χ0n) is 10.1. The Morgan fingerprint density at radius 2 is 2.29 bits per heavy atom. The van der Waals surface area contributed by atoms with Crippen molar-refractivity contribution in [2.24, 2.45) is 0 Å². The predicted molar refractivity (Wildman–Crippen MR) is 67.2 cm³/mol. The maximum Gasteiger partial charge on any atom is 0.321 e. The number of carbonyl (C=O) groups is 1. The smallest absolute Gasteiger partial charge is 0.321 e. The minimum absolute atomic E-state index is 0.219. The van der Waals surface area contributed by atoms with E-state index in [4.69, 9.17) is 11.6 Å². The van der Waals surface area contributed by atoms with Crippen molar-refractivity contribution in [1.29, 1.82) is 0 Å². The Kier molecular flexibility index (Phi) is 4.31. The summed E-state index contributed by atoms with van der Waals surface area (Å²) in [6.45, 7) is 3.48. The van der Waals surface area contributed by atoms with E-state index in [0.717, 1.165) is 0 Å². The van der Waals surface area contributed by atoms with Crippen LogP contribution >= 0.6 is 11.6 Å². The van der Waals surface area contributed by atoms with Crippen molar-refractivity contribution in [3.05, 3.63) is 23.5 Å². The molecule has 0 unspecified atom stereocenters. The van der Waals surface area contributed by atoms with Crippen LogP contribution in [-0.2, 0) is 0 Å². The summed E-state index contributed by atoms with van der Waals surface area (Å²) in [5.41, 5.74) is -0.494. The van der Waals surface area contributed by atoms with E-state index in [0.29, 0.717) is 5.69 Å². The molecule has 0 bridgehead atoms. The Morgan fingerprint density at radius 3 is 2.82 bits per heavy atom. The van der Waals surface area contributed by atoms with Gasteiger partial charge in [0.25, 0.3) is 0 Å². The molecule has 0 saturated carbocycles. The molecule has 1 rings (SSSR count). The Labute approximate surface area is 105 Å². The predicted octanol–water partition coefficient (Wildman–Crippen LogP) is 1.97. The lowest BCUT2D eigenvalue weighted by Gasteiger charge is -2.25. The quantitative estimate of drug-likeness (QED) is 0.814. The maximum atomic E-state index is 11.8. The largest absolute Gasteiger partial charge is 0.389 e. The molecular weight excluding hydrogens is 242 g/mol. The number of amides is 2. The van der Waals surface area contributed by atoms with Gasteiger partial charge in [-0.1, -0.05) is 11.6 Å². The van der Waals surface area contributed by atoms with Gasteiger partial charge < -0.3 is 15.3 Å². The fourth-order valence-corrected chi connectivity index (χ4v) is 1.51. The molecule has 1 aromatic rings. The van der Waals surface area contributed by atoms with Gasteiger partial charge in [-0.05, 0) is 26.0 Å². The molecule has 0 atom stereocenters. The van der Waals surface area contributed by atoms with Crippen LogP contribution in [0.5, 0.6) is 0 Å². The zero-order valence-corrected chi connectivity index (χ0v) is 10.8. The van der Waals surface area contributed by atoms with Gasteiger partial charge in [-0.25, -0.2) is 9.78 Å². The van der Waals surface area contributed by atoms with Gasteiger partial charge >= 0.3 is 6.03 Å². The van der Waals surface area contributed by atoms with E-state index in [9.17, 15) is 9.90 Å². The van der Waals surface area contributed by atoms with Crippen LogP contribution in [0.3, 0.4) is 0 Å². The lowest BCUT2D eigenvalue weighted by atomic mass is 10.1. The maximum absolute atomic E-state index is 11.8. The number of hydrogen-bond donors (Lipinski definition) is 2. The van der Waals surface area contributed by atoms with Crippen molar-refractivity contribution in [2.75, 3.05) is 18.9 Å². The number of likely N-dealkylation sites (N-methyl/N-ethyl adjacent to an activating group) is 1. The van der Waals surface area contributed by atoms with E-state index in [1.54, 1.807) is 39.2 Å². The second kappa shape index (κ2) is 5.33. The summed E-state index contributed by atoms with van der Waals surface area (Å²) in [6.07, 6.45) is 1.54. The van der Waals surface area contributed by atoms with Crippen LogP contribution in [0.1, 0.15) is 13.8 Å². The van der Waals surface area contributed by atoms with Crippen molar-refractivity contribution < 1.29 is 9.90 Å². The van der Waals surface area contributed by atoms with Crippen molar-refractivity contribution >= 4 is 23.3 Å². The monoisotopic (exact) mass is 257 g/mol. The molecule has 0 aliphatic heterocycles. The zero-order chi connectivity index (χ0) is 13.1. The molecule has 1 heterocycles. The molecular formula is C11H16ClN3O2. The first-order chi connectivity index (χ1) is 7.79. The van der Waals surface area contributed by atoms with Crippen LogP contribution in [0.25, 0.3) is 0 Å². The summed E-state index contributed by atoms with van der Waals surface area (Å²) in [5, 5.41) is 12.4. The number of urea groups is 1. The Balaban J connectivity index is 2.64. The Morgan fingerprint density at radius 1 is 1.65 bits per heavy atom. The lowest BCUT2D eigenvalue weighted by Crippen LogP contribution is -2.41. The molecule has 2 N–H and O–H groups in total. The number of hydrogen-bond acceptors (Lipinski definition) is 3. The second-order valence-corrected chi connectivity index (χ2v) is 4.80. The summed E-state index contributed by atoms with van der Waals surface area (Å²) in [5.74, 6) is 0. The number of nitrogens with one attached hydrogen (secondary N) is 1. The summed E-state index contributed by atoms with van der Waals surface area (Å²) in [4.78, 5) is 17.0. The fraction of sp³-hybridized carbons (Fsp3) is 0.455. The molecule has 5 nitrogen and oxygen atoms in total. The van der Waals surface area contributed by atoms with Crippen molar-refractivity contribution in [3.8, 4) is 0 Å². The average molecular weight is 258 g/mol. The molecule has 0 aliphatic rings. The number of rotatable bonds is 3. The average Bonchev–Trinajstić information content (AvgIpc) is 2.18. The first-order valence-corrected chi connectivity index (χ1v) is 5.52. The molecule has 17 heavy (non-hydrogen) atoms. The topological polar surface area (TPSA) is 65.5 Å². The lowest BCUT2D eigenvalue weighted by molar-refractivity contribution is 0.0550. The number of nitrogens with zero attached hydrogens (tertiary/aromatic N) is 2. The van der Waals surface area contributed by atoms with E-state index < -0.39 is 5.60 Å². The number of carbonyl (C=O) groups excluding carboxylic acids is 1. The van der Waals surface area contributed by atoms with Gasteiger partial charge in [0.2, 0.25) is 0 Å². The first-order valence-electron chi connectivity index (χ1n) is 5.14. The molecule has 0 aromatic carbocycles. The molecule has 0 fully saturated rings. The van der Waals surface area contributed by atoms with Crippen LogP contribution in [-0.4, -0.2) is 40.2 Å². The van der Waals surface area contributed by atoms with E-state index in [-0.39, 0.29) is 17.7 Å². The van der Waals surface area contributed by atoms with Crippen LogP contribution in [0.4, 0.5) is 10.5 Å². The summed E-state index contributed by atoms with van der Waals surface area (Å²) >= 11 is 5.81. The van der Waals surface area contributed by atoms with E-state index in [2.05, 4.69) is 10.3 Å². The van der Waals surface area contributed by atoms with Gasteiger partial charge in [0.15, 0.2) is 5.15 Å². The van der Waals surface area contributed by atoms with Gasteiger partial charge in [0.05, 0.1) is 17.8 Å². The standard InChI is InChI=1S/C11H16ClN3O2/c1-11(2,17)7-15(3)10(16)14-8-5-4-6-13-9(8)12/h4-6,17H,7H2,1-3H3,(H,14,16).